The lowest BCUT2D eigenvalue weighted by Crippen LogP contribution is -2.43. The van der Waals surface area contributed by atoms with Crippen LogP contribution in [-0.4, -0.2) is 11.4 Å². The second-order valence-corrected chi connectivity index (χ2v) is 5.96. The Kier molecular flexibility index (Phi) is 5.92. The minimum Gasteiger partial charge on any atom is -0.351 e. The van der Waals surface area contributed by atoms with Crippen LogP contribution in [0.25, 0.3) is 0 Å². The van der Waals surface area contributed by atoms with Gasteiger partial charge >= 0.3 is 0 Å². The molecule has 0 radical (unpaired) electrons. The van der Waals surface area contributed by atoms with E-state index in [0.717, 1.165) is 12.8 Å². The molecule has 0 rings (SSSR count). The van der Waals surface area contributed by atoms with Crippen molar-refractivity contribution in [2.45, 2.75) is 66.3 Å². The molecule has 0 aromatic heterocycles. The minimum atomic E-state index is -0.0593. The highest BCUT2D eigenvalue weighted by molar-refractivity contribution is 5.76. The third-order valence-corrected chi connectivity index (χ3v) is 2.42. The Morgan fingerprint density at radius 1 is 1.13 bits per heavy atom. The maximum absolute atomic E-state index is 11.6. The van der Waals surface area contributed by atoms with Crippen molar-refractivity contribution in [1.29, 1.82) is 0 Å². The van der Waals surface area contributed by atoms with Gasteiger partial charge in [-0.05, 0) is 38.5 Å². The van der Waals surface area contributed by atoms with E-state index in [-0.39, 0.29) is 11.4 Å². The molecule has 0 aliphatic carbocycles. The molecule has 0 saturated heterocycles. The van der Waals surface area contributed by atoms with Gasteiger partial charge in [-0.1, -0.05) is 27.7 Å². The molecule has 2 nitrogen and oxygen atoms in total. The largest absolute Gasteiger partial charge is 0.351 e. The first-order chi connectivity index (χ1) is 6.73. The summed E-state index contributed by atoms with van der Waals surface area (Å²) >= 11 is 0. The molecule has 0 saturated carbocycles. The Morgan fingerprint density at radius 3 is 2.07 bits per heavy atom. The van der Waals surface area contributed by atoms with Crippen LogP contribution < -0.4 is 5.32 Å². The van der Waals surface area contributed by atoms with Crippen molar-refractivity contribution in [3.8, 4) is 0 Å². The van der Waals surface area contributed by atoms with E-state index in [0.29, 0.717) is 18.3 Å². The predicted octanol–water partition coefficient (Wildman–Crippen LogP) is 3.36. The van der Waals surface area contributed by atoms with Crippen LogP contribution >= 0.6 is 0 Å². The summed E-state index contributed by atoms with van der Waals surface area (Å²) < 4.78 is 0. The van der Waals surface area contributed by atoms with Gasteiger partial charge in [-0.25, -0.2) is 0 Å². The average molecular weight is 213 g/mol. The normalized spacial score (nSPS) is 12.3. The number of carbonyl (C=O) groups excluding carboxylic acids is 1. The second-order valence-electron chi connectivity index (χ2n) is 5.96. The molecule has 0 aromatic rings. The number of hydrogen-bond acceptors (Lipinski definition) is 1. The molecule has 1 amide bonds. The predicted molar refractivity (Wildman–Crippen MR) is 65.7 cm³/mol. The maximum atomic E-state index is 11.6. The zero-order chi connectivity index (χ0) is 12.1. The van der Waals surface area contributed by atoms with Gasteiger partial charge in [0.05, 0.1) is 0 Å². The van der Waals surface area contributed by atoms with Crippen molar-refractivity contribution < 1.29 is 4.79 Å². The lowest BCUT2D eigenvalue weighted by molar-refractivity contribution is -0.123. The van der Waals surface area contributed by atoms with E-state index in [1.165, 1.54) is 0 Å². The number of carbonyl (C=O) groups is 1. The summed E-state index contributed by atoms with van der Waals surface area (Å²) in [4.78, 5) is 11.6. The zero-order valence-corrected chi connectivity index (χ0v) is 11.2. The zero-order valence-electron chi connectivity index (χ0n) is 11.2. The van der Waals surface area contributed by atoms with Crippen molar-refractivity contribution >= 4 is 5.91 Å². The summed E-state index contributed by atoms with van der Waals surface area (Å²) in [7, 11) is 0. The van der Waals surface area contributed by atoms with Crippen LogP contribution in [0, 0.1) is 11.8 Å². The lowest BCUT2D eigenvalue weighted by Gasteiger charge is -2.27. The van der Waals surface area contributed by atoms with Crippen molar-refractivity contribution in [1.82, 2.24) is 5.32 Å². The number of hydrogen-bond donors (Lipinski definition) is 1. The monoisotopic (exact) mass is 213 g/mol. The molecule has 2 heteroatoms. The van der Waals surface area contributed by atoms with Gasteiger partial charge in [0, 0.05) is 12.0 Å². The summed E-state index contributed by atoms with van der Waals surface area (Å²) in [5.41, 5.74) is -0.0593. The number of amides is 1. The van der Waals surface area contributed by atoms with E-state index in [2.05, 4.69) is 46.9 Å². The lowest BCUT2D eigenvalue weighted by atomic mass is 9.93. The quantitative estimate of drug-likeness (QED) is 0.720. The first-order valence-corrected chi connectivity index (χ1v) is 6.04. The molecule has 0 spiro atoms. The summed E-state index contributed by atoms with van der Waals surface area (Å²) in [5.74, 6) is 1.32. The third-order valence-electron chi connectivity index (χ3n) is 2.42. The fourth-order valence-corrected chi connectivity index (χ4v) is 1.51. The molecule has 0 fully saturated rings. The molecular weight excluding hydrogens is 186 g/mol. The van der Waals surface area contributed by atoms with Crippen molar-refractivity contribution in [2.75, 3.05) is 0 Å². The first kappa shape index (κ1) is 14.5. The fourth-order valence-electron chi connectivity index (χ4n) is 1.51. The van der Waals surface area contributed by atoms with E-state index in [1.807, 2.05) is 0 Å². The van der Waals surface area contributed by atoms with Crippen molar-refractivity contribution in [3.63, 3.8) is 0 Å². The molecule has 90 valence electrons. The van der Waals surface area contributed by atoms with Crippen LogP contribution in [0.4, 0.5) is 0 Å². The van der Waals surface area contributed by atoms with Crippen molar-refractivity contribution in [3.05, 3.63) is 0 Å². The molecule has 0 aromatic carbocycles. The summed E-state index contributed by atoms with van der Waals surface area (Å²) in [6.45, 7) is 12.8. The van der Waals surface area contributed by atoms with Crippen LogP contribution in [0.15, 0.2) is 0 Å². The maximum Gasteiger partial charge on any atom is 0.220 e. The molecule has 0 aliphatic rings. The van der Waals surface area contributed by atoms with Crippen LogP contribution in [0.2, 0.25) is 0 Å². The fraction of sp³-hybridized carbons (Fsp3) is 0.923. The van der Waals surface area contributed by atoms with Gasteiger partial charge in [0.1, 0.15) is 0 Å². The van der Waals surface area contributed by atoms with E-state index < -0.39 is 0 Å². The minimum absolute atomic E-state index is 0.0593. The Bertz CT molecular complexity index is 195. The molecule has 0 heterocycles. The molecule has 0 aliphatic heterocycles. The SMILES string of the molecule is CC(C)CCC(C)(C)NC(=O)CC(C)C. The van der Waals surface area contributed by atoms with E-state index in [9.17, 15) is 4.79 Å². The topological polar surface area (TPSA) is 29.1 Å². The second kappa shape index (κ2) is 6.14. The first-order valence-electron chi connectivity index (χ1n) is 6.04. The van der Waals surface area contributed by atoms with E-state index in [1.54, 1.807) is 0 Å². The highest BCUT2D eigenvalue weighted by Gasteiger charge is 2.20. The summed E-state index contributed by atoms with van der Waals surface area (Å²) in [5, 5.41) is 3.10. The molecule has 0 atom stereocenters. The highest BCUT2D eigenvalue weighted by atomic mass is 16.1. The van der Waals surface area contributed by atoms with Crippen LogP contribution in [0.5, 0.6) is 0 Å². The van der Waals surface area contributed by atoms with E-state index >= 15 is 0 Å². The standard InChI is InChI=1S/C13H27NO/c1-10(2)7-8-13(5,6)14-12(15)9-11(3)4/h10-11H,7-9H2,1-6H3,(H,14,15). The third kappa shape index (κ3) is 8.46. The van der Waals surface area contributed by atoms with Gasteiger partial charge in [0.25, 0.3) is 0 Å². The molecule has 0 bridgehead atoms. The molecule has 0 unspecified atom stereocenters. The van der Waals surface area contributed by atoms with E-state index in [4.69, 9.17) is 0 Å². The van der Waals surface area contributed by atoms with Gasteiger partial charge in [-0.15, -0.1) is 0 Å². The summed E-state index contributed by atoms with van der Waals surface area (Å²) in [6.07, 6.45) is 2.84. The highest BCUT2D eigenvalue weighted by Crippen LogP contribution is 2.16. The van der Waals surface area contributed by atoms with Gasteiger partial charge in [-0.2, -0.15) is 0 Å². The van der Waals surface area contributed by atoms with Crippen LogP contribution in [0.1, 0.15) is 60.8 Å². The smallest absolute Gasteiger partial charge is 0.220 e. The molecule has 15 heavy (non-hydrogen) atoms. The van der Waals surface area contributed by atoms with Gasteiger partial charge in [0.2, 0.25) is 5.91 Å². The van der Waals surface area contributed by atoms with Gasteiger partial charge in [-0.3, -0.25) is 4.79 Å². The van der Waals surface area contributed by atoms with Crippen LogP contribution in [0.3, 0.4) is 0 Å². The van der Waals surface area contributed by atoms with Gasteiger partial charge < -0.3 is 5.32 Å². The Hall–Kier alpha value is -0.530. The number of nitrogens with one attached hydrogen (secondary N) is 1. The molecule has 1 N–H and O–H groups in total. The van der Waals surface area contributed by atoms with Crippen LogP contribution in [-0.2, 0) is 4.79 Å². The Balaban J connectivity index is 3.96. The average Bonchev–Trinajstić information content (AvgIpc) is 1.98. The van der Waals surface area contributed by atoms with Gasteiger partial charge in [0.15, 0.2) is 0 Å². The Morgan fingerprint density at radius 2 is 1.67 bits per heavy atom. The Labute approximate surface area is 94.8 Å². The van der Waals surface area contributed by atoms with Crippen molar-refractivity contribution in [2.24, 2.45) is 11.8 Å². The summed E-state index contributed by atoms with van der Waals surface area (Å²) in [6, 6.07) is 0. The number of rotatable bonds is 6. The molecular formula is C13H27NO.